The number of nitrogens with zero attached hydrogens (tertiary/aromatic N) is 5. The Morgan fingerprint density at radius 1 is 1.14 bits per heavy atom. The van der Waals surface area contributed by atoms with E-state index >= 15 is 0 Å². The molecule has 1 saturated heterocycles. The average molecular weight is 574 g/mol. The van der Waals surface area contributed by atoms with Gasteiger partial charge in [-0.2, -0.15) is 10.2 Å². The van der Waals surface area contributed by atoms with Crippen LogP contribution in [0.15, 0.2) is 60.9 Å². The summed E-state index contributed by atoms with van der Waals surface area (Å²) in [4.78, 5) is 15.3. The van der Waals surface area contributed by atoms with E-state index in [1.54, 1.807) is 7.11 Å². The van der Waals surface area contributed by atoms with Crippen LogP contribution in [0, 0.1) is 12.8 Å². The number of ether oxygens (including phenoxy) is 1. The molecule has 1 aliphatic carbocycles. The molecule has 1 saturated carbocycles. The van der Waals surface area contributed by atoms with E-state index in [1.807, 2.05) is 27.9 Å². The number of pyridine rings is 1. The Kier molecular flexibility index (Phi) is 6.04. The largest absolute Gasteiger partial charge is 0.494 e. The molecule has 1 atom stereocenters. The summed E-state index contributed by atoms with van der Waals surface area (Å²) in [5.74, 6) is 1.28. The number of benzene rings is 2. The Labute approximate surface area is 249 Å². The zero-order valence-electron chi connectivity index (χ0n) is 24.5. The lowest BCUT2D eigenvalue weighted by Crippen LogP contribution is -2.45. The van der Waals surface area contributed by atoms with E-state index < -0.39 is 0 Å². The summed E-state index contributed by atoms with van der Waals surface area (Å²) in [5.41, 5.74) is 15.2. The maximum atomic E-state index is 13.5. The van der Waals surface area contributed by atoms with E-state index in [1.165, 1.54) is 23.7 Å². The van der Waals surface area contributed by atoms with Gasteiger partial charge in [-0.25, -0.2) is 4.52 Å². The van der Waals surface area contributed by atoms with Gasteiger partial charge in [-0.05, 0) is 73.9 Å². The van der Waals surface area contributed by atoms with E-state index in [-0.39, 0.29) is 11.9 Å². The van der Waals surface area contributed by atoms with Crippen molar-refractivity contribution in [2.45, 2.75) is 45.2 Å². The van der Waals surface area contributed by atoms with Crippen LogP contribution in [0.2, 0.25) is 0 Å². The summed E-state index contributed by atoms with van der Waals surface area (Å²) in [5, 5.41) is 14.8. The topological polar surface area (TPSA) is 106 Å². The number of fused-ring (bicyclic) bond motifs is 3. The highest BCUT2D eigenvalue weighted by molar-refractivity contribution is 5.98. The first-order chi connectivity index (χ1) is 21.0. The van der Waals surface area contributed by atoms with Gasteiger partial charge in [0.1, 0.15) is 17.0 Å². The minimum Gasteiger partial charge on any atom is -0.494 e. The van der Waals surface area contributed by atoms with Gasteiger partial charge in [0.25, 0.3) is 5.91 Å². The fraction of sp³-hybridized carbons (Fsp3) is 0.324. The summed E-state index contributed by atoms with van der Waals surface area (Å²) in [6, 6.07) is 17.1. The predicted octanol–water partition coefficient (Wildman–Crippen LogP) is 5.79. The number of rotatable bonds is 6. The quantitative estimate of drug-likeness (QED) is 0.262. The molecule has 4 aromatic heterocycles. The highest BCUT2D eigenvalue weighted by Gasteiger charge is 2.28. The molecule has 2 aromatic carbocycles. The normalized spacial score (nSPS) is 17.4. The van der Waals surface area contributed by atoms with Crippen molar-refractivity contribution >= 4 is 33.2 Å². The number of piperidine rings is 1. The van der Waals surface area contributed by atoms with Crippen LogP contribution in [-0.4, -0.2) is 61.4 Å². The number of hydrogen-bond donors (Lipinski definition) is 2. The average Bonchev–Trinajstić information content (AvgIpc) is 3.43. The zero-order chi connectivity index (χ0) is 29.2. The molecule has 0 radical (unpaired) electrons. The number of H-pyrrole nitrogens is 1. The lowest BCUT2D eigenvalue weighted by Gasteiger charge is -2.30. The number of carbonyl (C=O) groups is 1. The lowest BCUT2D eigenvalue weighted by atomic mass is 10.0. The van der Waals surface area contributed by atoms with Crippen molar-refractivity contribution < 1.29 is 9.53 Å². The number of likely N-dealkylation sites (tertiary alicyclic amines) is 1. The Morgan fingerprint density at radius 3 is 2.84 bits per heavy atom. The van der Waals surface area contributed by atoms with Gasteiger partial charge in [-0.1, -0.05) is 24.3 Å². The number of amides is 1. The summed E-state index contributed by atoms with van der Waals surface area (Å²) < 4.78 is 10.1. The van der Waals surface area contributed by atoms with Gasteiger partial charge in [-0.3, -0.25) is 9.89 Å². The van der Waals surface area contributed by atoms with Crippen molar-refractivity contribution in [3.8, 4) is 28.3 Å². The van der Waals surface area contributed by atoms with Crippen molar-refractivity contribution in [3.05, 3.63) is 72.1 Å². The molecule has 8 rings (SSSR count). The van der Waals surface area contributed by atoms with Crippen LogP contribution >= 0.6 is 0 Å². The fourth-order valence-electron chi connectivity index (χ4n) is 6.77. The molecular formula is C34H35N7O2. The predicted molar refractivity (Wildman–Crippen MR) is 168 cm³/mol. The molecule has 0 unspecified atom stereocenters. The smallest absolute Gasteiger partial charge is 0.255 e. The summed E-state index contributed by atoms with van der Waals surface area (Å²) in [7, 11) is 1.65. The molecule has 6 aromatic rings. The highest BCUT2D eigenvalue weighted by Crippen LogP contribution is 2.40. The number of nitrogens with one attached hydrogen (secondary N) is 1. The van der Waals surface area contributed by atoms with E-state index in [9.17, 15) is 4.79 Å². The van der Waals surface area contributed by atoms with Crippen molar-refractivity contribution in [1.29, 1.82) is 0 Å². The minimum absolute atomic E-state index is 0.0170. The Bertz CT molecular complexity index is 2030. The van der Waals surface area contributed by atoms with Crippen LogP contribution in [0.25, 0.3) is 49.8 Å². The zero-order valence-corrected chi connectivity index (χ0v) is 24.5. The maximum absolute atomic E-state index is 13.5. The Balaban J connectivity index is 1.26. The molecule has 2 aliphatic rings. The number of hydrogen-bond acceptors (Lipinski definition) is 5. The SMILES string of the molecule is COc1cc(C(=O)N2CCC[C@@H](N)C2)cn2nc(-c3cc4ccc(-c5cccc6[nH]ncc56)cc4n3CC3CC3)c(C)c12. The van der Waals surface area contributed by atoms with E-state index in [0.717, 1.165) is 63.9 Å². The third-order valence-electron chi connectivity index (χ3n) is 9.22. The molecule has 0 spiro atoms. The fourth-order valence-corrected chi connectivity index (χ4v) is 6.77. The van der Waals surface area contributed by atoms with Crippen molar-refractivity contribution in [1.82, 2.24) is 29.3 Å². The molecule has 1 amide bonds. The van der Waals surface area contributed by atoms with Crippen LogP contribution in [0.1, 0.15) is 41.6 Å². The number of nitrogens with two attached hydrogens (primary N) is 1. The molecule has 5 heterocycles. The monoisotopic (exact) mass is 573 g/mol. The first-order valence-electron chi connectivity index (χ1n) is 15.2. The van der Waals surface area contributed by atoms with Crippen LogP contribution in [0.3, 0.4) is 0 Å². The third-order valence-corrected chi connectivity index (χ3v) is 9.22. The van der Waals surface area contributed by atoms with E-state index in [2.05, 4.69) is 64.2 Å². The van der Waals surface area contributed by atoms with Crippen LogP contribution < -0.4 is 10.5 Å². The standard InChI is InChI=1S/C34H35N7O2/c1-20-32(38-41-18-24(15-31(43-2)33(20)41)34(42)39-12-4-5-25(35)19-39)30-14-23-11-10-22(13-29(23)40(30)17-21-8-9-21)26-6-3-7-28-27(26)16-36-37-28/h3,6-7,10-11,13-16,18,21,25H,4-5,8-9,12,17,19,35H2,1-2H3,(H,36,37)/t25-/m1/s1. The van der Waals surface area contributed by atoms with Crippen molar-refractivity contribution in [2.75, 3.05) is 20.2 Å². The third kappa shape index (κ3) is 4.38. The van der Waals surface area contributed by atoms with Crippen LogP contribution in [0.4, 0.5) is 0 Å². The first kappa shape index (κ1) is 26.0. The number of aromatic amines is 1. The number of aromatic nitrogens is 5. The highest BCUT2D eigenvalue weighted by atomic mass is 16.5. The van der Waals surface area contributed by atoms with E-state index in [4.69, 9.17) is 15.6 Å². The van der Waals surface area contributed by atoms with E-state index in [0.29, 0.717) is 30.3 Å². The summed E-state index contributed by atoms with van der Waals surface area (Å²) >= 11 is 0. The van der Waals surface area contributed by atoms with Gasteiger partial charge < -0.3 is 19.9 Å². The lowest BCUT2D eigenvalue weighted by molar-refractivity contribution is 0.0708. The number of carbonyl (C=O) groups excluding carboxylic acids is 1. The van der Waals surface area contributed by atoms with Gasteiger partial charge in [0.05, 0.1) is 30.1 Å². The van der Waals surface area contributed by atoms with Crippen molar-refractivity contribution in [3.63, 3.8) is 0 Å². The number of methoxy groups -OCH3 is 1. The van der Waals surface area contributed by atoms with Gasteiger partial charge in [0.2, 0.25) is 0 Å². The molecule has 9 heteroatoms. The second kappa shape index (κ2) is 9.98. The molecule has 3 N–H and O–H groups in total. The van der Waals surface area contributed by atoms with Gasteiger partial charge >= 0.3 is 0 Å². The van der Waals surface area contributed by atoms with Crippen LogP contribution in [-0.2, 0) is 6.54 Å². The second-order valence-corrected chi connectivity index (χ2v) is 12.2. The number of aryl methyl sites for hydroxylation is 1. The molecule has 43 heavy (non-hydrogen) atoms. The molecular weight excluding hydrogens is 538 g/mol. The molecule has 218 valence electrons. The Morgan fingerprint density at radius 2 is 2.02 bits per heavy atom. The van der Waals surface area contributed by atoms with Crippen molar-refractivity contribution in [2.24, 2.45) is 11.7 Å². The van der Waals surface area contributed by atoms with Gasteiger partial charge in [-0.15, -0.1) is 0 Å². The molecule has 0 bridgehead atoms. The van der Waals surface area contributed by atoms with Gasteiger partial charge in [0.15, 0.2) is 0 Å². The summed E-state index contributed by atoms with van der Waals surface area (Å²) in [6.45, 7) is 4.33. The maximum Gasteiger partial charge on any atom is 0.255 e. The molecule has 2 fully saturated rings. The Hall–Kier alpha value is -4.63. The molecule has 1 aliphatic heterocycles. The summed E-state index contributed by atoms with van der Waals surface area (Å²) in [6.07, 6.45) is 8.10. The second-order valence-electron chi connectivity index (χ2n) is 12.2. The minimum atomic E-state index is -0.0342. The molecule has 9 nitrogen and oxygen atoms in total. The van der Waals surface area contributed by atoms with Gasteiger partial charge in [0, 0.05) is 53.7 Å². The first-order valence-corrected chi connectivity index (χ1v) is 15.2. The van der Waals surface area contributed by atoms with Crippen LogP contribution in [0.5, 0.6) is 5.75 Å².